The molecule has 3 N–H and O–H groups in total. The Bertz CT molecular complexity index is 740. The van der Waals surface area contributed by atoms with Gasteiger partial charge in [0.25, 0.3) is 0 Å². The zero-order valence-electron chi connectivity index (χ0n) is 14.9. The second-order valence-electron chi connectivity index (χ2n) is 6.25. The highest BCUT2D eigenvalue weighted by Crippen LogP contribution is 2.20. The predicted octanol–water partition coefficient (Wildman–Crippen LogP) is 1.97. The number of anilines is 3. The minimum absolute atomic E-state index is 0.0928. The first-order valence-electron chi connectivity index (χ1n) is 8.85. The smallest absolute Gasteiger partial charge is 0.310 e. The molecule has 3 rings (SSSR count). The van der Waals surface area contributed by atoms with Gasteiger partial charge in [0.15, 0.2) is 0 Å². The molecular weight excluding hydrogens is 332 g/mol. The monoisotopic (exact) mass is 356 g/mol. The fourth-order valence-electron chi connectivity index (χ4n) is 3.07. The minimum atomic E-state index is -0.126. The lowest BCUT2D eigenvalue weighted by atomic mass is 9.98. The van der Waals surface area contributed by atoms with Gasteiger partial charge in [-0.05, 0) is 38.4 Å². The number of rotatable bonds is 6. The van der Waals surface area contributed by atoms with Gasteiger partial charge in [-0.15, -0.1) is 0 Å². The summed E-state index contributed by atoms with van der Waals surface area (Å²) >= 11 is 0. The average Bonchev–Trinajstić information content (AvgIpc) is 2.62. The molecule has 8 nitrogen and oxygen atoms in total. The number of aromatic nitrogens is 3. The van der Waals surface area contributed by atoms with Gasteiger partial charge in [-0.2, -0.15) is 15.0 Å². The van der Waals surface area contributed by atoms with Crippen molar-refractivity contribution in [2.75, 3.05) is 30.7 Å². The topological polar surface area (TPSA) is 106 Å². The Labute approximate surface area is 152 Å². The average molecular weight is 356 g/mol. The van der Waals surface area contributed by atoms with E-state index < -0.39 is 0 Å². The number of benzene rings is 1. The van der Waals surface area contributed by atoms with Crippen LogP contribution in [-0.4, -0.2) is 45.5 Å². The van der Waals surface area contributed by atoms with Crippen LogP contribution in [-0.2, 0) is 16.1 Å². The molecule has 1 aromatic carbocycles. The number of para-hydroxylation sites is 1. The first-order valence-corrected chi connectivity index (χ1v) is 8.85. The Morgan fingerprint density at radius 2 is 2.12 bits per heavy atom. The van der Waals surface area contributed by atoms with Gasteiger partial charge >= 0.3 is 5.97 Å². The van der Waals surface area contributed by atoms with E-state index in [9.17, 15) is 4.79 Å². The number of piperidine rings is 1. The van der Waals surface area contributed by atoms with Crippen molar-refractivity contribution >= 4 is 23.6 Å². The van der Waals surface area contributed by atoms with Crippen molar-refractivity contribution in [2.45, 2.75) is 26.3 Å². The maximum Gasteiger partial charge on any atom is 0.310 e. The summed E-state index contributed by atoms with van der Waals surface area (Å²) in [5, 5.41) is 3.13. The number of nitrogens with zero attached hydrogens (tertiary/aromatic N) is 4. The number of hydrogen-bond donors (Lipinski definition) is 2. The van der Waals surface area contributed by atoms with Crippen LogP contribution in [0.25, 0.3) is 0 Å². The standard InChI is InChI=1S/C18H24N6O2/c1-2-26-16(25)13-7-6-10-24(11-13)12-15-21-17(19)23-18(22-15)20-14-8-4-3-5-9-14/h3-5,8-9,13H,2,6-7,10-12H2,1H3,(H3,19,20,21,22,23)/t13-/m0/s1. The van der Waals surface area contributed by atoms with Gasteiger partial charge in [-0.1, -0.05) is 18.2 Å². The number of nitrogen functional groups attached to an aromatic ring is 1. The maximum atomic E-state index is 12.0. The Kier molecular flexibility index (Phi) is 5.96. The largest absolute Gasteiger partial charge is 0.466 e. The number of carbonyl (C=O) groups is 1. The van der Waals surface area contributed by atoms with E-state index in [4.69, 9.17) is 10.5 Å². The maximum absolute atomic E-state index is 12.0. The first kappa shape index (κ1) is 18.1. The summed E-state index contributed by atoms with van der Waals surface area (Å²) in [6.07, 6.45) is 1.80. The van der Waals surface area contributed by atoms with Crippen molar-refractivity contribution in [3.63, 3.8) is 0 Å². The third kappa shape index (κ3) is 4.89. The van der Waals surface area contributed by atoms with E-state index in [1.54, 1.807) is 0 Å². The highest BCUT2D eigenvalue weighted by Gasteiger charge is 2.27. The highest BCUT2D eigenvalue weighted by molar-refractivity contribution is 5.72. The van der Waals surface area contributed by atoms with Crippen LogP contribution in [0.5, 0.6) is 0 Å². The Morgan fingerprint density at radius 1 is 1.31 bits per heavy atom. The third-order valence-corrected chi connectivity index (χ3v) is 4.22. The van der Waals surface area contributed by atoms with E-state index in [0.717, 1.165) is 25.1 Å². The van der Waals surface area contributed by atoms with Gasteiger partial charge in [0.1, 0.15) is 5.82 Å². The Hall–Kier alpha value is -2.74. The summed E-state index contributed by atoms with van der Waals surface area (Å²) in [5.74, 6) is 0.953. The quantitative estimate of drug-likeness (QED) is 0.757. The lowest BCUT2D eigenvalue weighted by Crippen LogP contribution is -2.39. The number of carbonyl (C=O) groups excluding carboxylic acids is 1. The van der Waals surface area contributed by atoms with Crippen LogP contribution in [0.1, 0.15) is 25.6 Å². The van der Waals surface area contributed by atoms with E-state index in [0.29, 0.717) is 31.5 Å². The number of ether oxygens (including phenoxy) is 1. The summed E-state index contributed by atoms with van der Waals surface area (Å²) < 4.78 is 5.15. The fourth-order valence-corrected chi connectivity index (χ4v) is 3.07. The van der Waals surface area contributed by atoms with Crippen molar-refractivity contribution in [1.29, 1.82) is 0 Å². The molecule has 0 bridgehead atoms. The van der Waals surface area contributed by atoms with Crippen LogP contribution in [0.4, 0.5) is 17.6 Å². The molecule has 1 saturated heterocycles. The molecule has 2 heterocycles. The minimum Gasteiger partial charge on any atom is -0.466 e. The predicted molar refractivity (Wildman–Crippen MR) is 98.6 cm³/mol. The van der Waals surface area contributed by atoms with Crippen molar-refractivity contribution < 1.29 is 9.53 Å². The van der Waals surface area contributed by atoms with Gasteiger partial charge in [0.2, 0.25) is 11.9 Å². The molecule has 1 aromatic heterocycles. The van der Waals surface area contributed by atoms with E-state index in [1.807, 2.05) is 37.3 Å². The van der Waals surface area contributed by atoms with Crippen LogP contribution in [0, 0.1) is 5.92 Å². The molecule has 0 saturated carbocycles. The Morgan fingerprint density at radius 3 is 2.88 bits per heavy atom. The van der Waals surface area contributed by atoms with Crippen LogP contribution in [0.15, 0.2) is 30.3 Å². The summed E-state index contributed by atoms with van der Waals surface area (Å²) in [7, 11) is 0. The molecule has 0 radical (unpaired) electrons. The zero-order valence-corrected chi connectivity index (χ0v) is 14.9. The third-order valence-electron chi connectivity index (χ3n) is 4.22. The van der Waals surface area contributed by atoms with Gasteiger partial charge < -0.3 is 15.8 Å². The van der Waals surface area contributed by atoms with Crippen LogP contribution < -0.4 is 11.1 Å². The second-order valence-corrected chi connectivity index (χ2v) is 6.25. The van der Waals surface area contributed by atoms with Crippen molar-refractivity contribution in [3.05, 3.63) is 36.2 Å². The molecule has 1 aliphatic heterocycles. The van der Waals surface area contributed by atoms with Crippen molar-refractivity contribution in [1.82, 2.24) is 19.9 Å². The number of likely N-dealkylation sites (tertiary alicyclic amines) is 1. The molecule has 2 aromatic rings. The van der Waals surface area contributed by atoms with Gasteiger partial charge in [-0.25, -0.2) is 0 Å². The lowest BCUT2D eigenvalue weighted by molar-refractivity contribution is -0.150. The van der Waals surface area contributed by atoms with Gasteiger partial charge in [-0.3, -0.25) is 9.69 Å². The van der Waals surface area contributed by atoms with Crippen LogP contribution in [0.2, 0.25) is 0 Å². The van der Waals surface area contributed by atoms with Crippen LogP contribution >= 0.6 is 0 Å². The summed E-state index contributed by atoms with van der Waals surface area (Å²) in [5.41, 5.74) is 6.72. The highest BCUT2D eigenvalue weighted by atomic mass is 16.5. The molecular formula is C18H24N6O2. The summed E-state index contributed by atoms with van der Waals surface area (Å²) in [4.78, 5) is 27.0. The first-order chi connectivity index (χ1) is 12.6. The van der Waals surface area contributed by atoms with Gasteiger partial charge in [0, 0.05) is 12.2 Å². The Balaban J connectivity index is 1.66. The van der Waals surface area contributed by atoms with E-state index >= 15 is 0 Å². The molecule has 138 valence electrons. The molecule has 1 aliphatic rings. The summed E-state index contributed by atoms with van der Waals surface area (Å²) in [6, 6.07) is 9.64. The van der Waals surface area contributed by atoms with E-state index in [1.165, 1.54) is 0 Å². The number of esters is 1. The number of nitrogens with two attached hydrogens (primary N) is 1. The number of hydrogen-bond acceptors (Lipinski definition) is 8. The van der Waals surface area contributed by atoms with E-state index in [-0.39, 0.29) is 17.8 Å². The SMILES string of the molecule is CCOC(=O)[C@H]1CCCN(Cc2nc(N)nc(Nc3ccccc3)n2)C1. The molecule has 0 aliphatic carbocycles. The zero-order chi connectivity index (χ0) is 18.4. The van der Waals surface area contributed by atoms with Crippen molar-refractivity contribution in [3.8, 4) is 0 Å². The second kappa shape index (κ2) is 8.57. The molecule has 0 unspecified atom stereocenters. The number of nitrogens with one attached hydrogen (secondary N) is 1. The lowest BCUT2D eigenvalue weighted by Gasteiger charge is -2.30. The molecule has 0 amide bonds. The normalized spacial score (nSPS) is 17.7. The molecule has 26 heavy (non-hydrogen) atoms. The molecule has 1 fully saturated rings. The summed E-state index contributed by atoms with van der Waals surface area (Å²) in [6.45, 7) is 4.29. The van der Waals surface area contributed by atoms with Gasteiger partial charge in [0.05, 0.1) is 19.1 Å². The van der Waals surface area contributed by atoms with Crippen LogP contribution in [0.3, 0.4) is 0 Å². The van der Waals surface area contributed by atoms with E-state index in [2.05, 4.69) is 25.2 Å². The molecule has 1 atom stereocenters. The molecule has 8 heteroatoms. The molecule has 0 spiro atoms. The fraction of sp³-hybridized carbons (Fsp3) is 0.444. The van der Waals surface area contributed by atoms with Crippen molar-refractivity contribution in [2.24, 2.45) is 5.92 Å².